The van der Waals surface area contributed by atoms with Gasteiger partial charge in [0.25, 0.3) is 0 Å². The molecule has 0 aromatic carbocycles. The Kier molecular flexibility index (Phi) is 9.85. The summed E-state index contributed by atoms with van der Waals surface area (Å²) in [6.07, 6.45) is 6.93. The molecule has 0 amide bonds. The van der Waals surface area contributed by atoms with Gasteiger partial charge in [-0.3, -0.25) is 0 Å². The Bertz CT molecular complexity index is 395. The molecule has 0 fully saturated rings. The molecule has 0 spiro atoms. The first kappa shape index (κ1) is 11.5. The monoisotopic (exact) mass is 305 g/mol. The molecule has 1 unspecified atom stereocenters. The van der Waals surface area contributed by atoms with Crippen molar-refractivity contribution in [1.29, 1.82) is 0 Å². The minimum atomic E-state index is -3.32. The molecule has 1 N–H and O–H groups in total. The van der Waals surface area contributed by atoms with E-state index in [-0.39, 0.29) is 6.42 Å². The van der Waals surface area contributed by atoms with E-state index < -0.39 is 25.7 Å². The molecule has 0 aliphatic carbocycles. The fourth-order valence-corrected chi connectivity index (χ4v) is 2.55. The van der Waals surface area contributed by atoms with Gasteiger partial charge < -0.3 is 5.11 Å². The van der Waals surface area contributed by atoms with Crippen LogP contribution in [0.25, 0.3) is 0 Å². The summed E-state index contributed by atoms with van der Waals surface area (Å²) in [4.78, 5) is 0. The van der Waals surface area contributed by atoms with Crippen LogP contribution in [0.1, 0.15) is 126 Å². The maximum Gasteiger partial charge on any atom is 0.0564 e. The van der Waals surface area contributed by atoms with Crippen molar-refractivity contribution in [2.75, 3.05) is 6.56 Å². The summed E-state index contributed by atoms with van der Waals surface area (Å²) < 4.78 is 52.7. The second-order valence-electron chi connectivity index (χ2n) is 6.45. The lowest BCUT2D eigenvalue weighted by Crippen LogP contribution is -1.87. The van der Waals surface area contributed by atoms with E-state index >= 15 is 0 Å². The van der Waals surface area contributed by atoms with Crippen LogP contribution in [0.2, 0.25) is 0 Å². The molecule has 0 aliphatic heterocycles. The van der Waals surface area contributed by atoms with Crippen molar-refractivity contribution < 1.29 is 14.7 Å². The zero-order chi connectivity index (χ0) is 21.8. The van der Waals surface area contributed by atoms with E-state index in [1.165, 1.54) is 51.4 Å². The summed E-state index contributed by atoms with van der Waals surface area (Å²) in [6.45, 7) is 1.23. The highest BCUT2D eigenvalue weighted by molar-refractivity contribution is 4.51. The zero-order valence-electron chi connectivity index (χ0n) is 21.3. The van der Waals surface area contributed by atoms with Crippen LogP contribution >= 0.6 is 0 Å². The maximum atomic E-state index is 9.26. The van der Waals surface area contributed by atoms with Gasteiger partial charge in [0.15, 0.2) is 0 Å². The lowest BCUT2D eigenvalue weighted by molar-refractivity contribution is 0.282. The Hall–Kier alpha value is -0.0400. The molecule has 1 heteroatoms. The molecule has 1 atom stereocenters. The van der Waals surface area contributed by atoms with Gasteiger partial charge in [-0.2, -0.15) is 0 Å². The highest BCUT2D eigenvalue weighted by atomic mass is 16.2. The van der Waals surface area contributed by atoms with Gasteiger partial charge in [-0.05, 0) is 12.3 Å². The van der Waals surface area contributed by atoms with Gasteiger partial charge in [-0.15, -0.1) is 0 Å². The van der Waals surface area contributed by atoms with Gasteiger partial charge in [-0.25, -0.2) is 0 Å². The molecule has 128 valence electrons. The first-order chi connectivity index (χ1) is 12.8. The third-order valence-corrected chi connectivity index (χ3v) is 3.86. The highest BCUT2D eigenvalue weighted by Crippen LogP contribution is 2.14. The van der Waals surface area contributed by atoms with Gasteiger partial charge in [-0.1, -0.05) is 110 Å². The molecule has 0 radical (unpaired) electrons. The number of hydrogen-bond donors (Lipinski definition) is 1. The SMILES string of the molecule is [2H]C(CCCCCCCCCCCCCC(C)C)C([2H])([2H])C([2H])([2H])C([2H])([2H])O. The van der Waals surface area contributed by atoms with Crippen molar-refractivity contribution in [3.8, 4) is 0 Å². The largest absolute Gasteiger partial charge is 0.396 e. The summed E-state index contributed by atoms with van der Waals surface area (Å²) in [7, 11) is 0. The van der Waals surface area contributed by atoms with Crippen molar-refractivity contribution in [2.24, 2.45) is 5.92 Å². The third-order valence-electron chi connectivity index (χ3n) is 3.86. The average Bonchev–Trinajstić information content (AvgIpc) is 2.57. The Balaban J connectivity index is 3.73. The van der Waals surface area contributed by atoms with Crippen LogP contribution < -0.4 is 0 Å². The molecule has 0 aromatic heterocycles. The molecule has 0 rings (SSSR count). The number of rotatable bonds is 17. The zero-order valence-corrected chi connectivity index (χ0v) is 14.3. The van der Waals surface area contributed by atoms with Gasteiger partial charge in [0.1, 0.15) is 0 Å². The normalized spacial score (nSPS) is 19.9. The first-order valence-corrected chi connectivity index (χ1v) is 8.98. The summed E-state index contributed by atoms with van der Waals surface area (Å²) in [5.41, 5.74) is 0. The smallest absolute Gasteiger partial charge is 0.0564 e. The molecule has 0 saturated carbocycles. The van der Waals surface area contributed by atoms with Crippen molar-refractivity contribution in [3.63, 3.8) is 0 Å². The molecule has 0 saturated heterocycles. The van der Waals surface area contributed by atoms with Crippen LogP contribution in [0.4, 0.5) is 0 Å². The van der Waals surface area contributed by atoms with E-state index in [2.05, 4.69) is 13.8 Å². The predicted molar refractivity (Wildman–Crippen MR) is 95.8 cm³/mol. The van der Waals surface area contributed by atoms with E-state index in [0.29, 0.717) is 6.42 Å². The first-order valence-electron chi connectivity index (χ1n) is 12.6. The highest BCUT2D eigenvalue weighted by Gasteiger charge is 1.96. The van der Waals surface area contributed by atoms with Crippen LogP contribution in [0.15, 0.2) is 0 Å². The standard InChI is InChI=1S/C20H42O/c1-20(2)18-16-14-12-10-8-6-4-3-5-7-9-11-13-15-17-19-21/h20-21H,3-19H2,1-2H3/i13D,15D2,17D2,19D2. The van der Waals surface area contributed by atoms with Gasteiger partial charge >= 0.3 is 0 Å². The Morgan fingerprint density at radius 2 is 1.10 bits per heavy atom. The van der Waals surface area contributed by atoms with Crippen LogP contribution in [-0.2, 0) is 0 Å². The molecule has 1 nitrogen and oxygen atoms in total. The Morgan fingerprint density at radius 3 is 1.52 bits per heavy atom. The van der Waals surface area contributed by atoms with Crippen LogP contribution in [0.3, 0.4) is 0 Å². The topological polar surface area (TPSA) is 20.2 Å². The summed E-state index contributed by atoms with van der Waals surface area (Å²) in [6, 6.07) is 0. The van der Waals surface area contributed by atoms with E-state index in [4.69, 9.17) is 9.60 Å². The second-order valence-corrected chi connectivity index (χ2v) is 6.45. The summed E-state index contributed by atoms with van der Waals surface area (Å²) >= 11 is 0. The molecule has 0 bridgehead atoms. The van der Waals surface area contributed by atoms with E-state index in [1.54, 1.807) is 0 Å². The minimum Gasteiger partial charge on any atom is -0.396 e. The van der Waals surface area contributed by atoms with Crippen molar-refractivity contribution in [2.45, 2.75) is 116 Å². The number of unbranched alkanes of at least 4 members (excludes halogenated alkanes) is 10. The van der Waals surface area contributed by atoms with Crippen LogP contribution in [0.5, 0.6) is 0 Å². The van der Waals surface area contributed by atoms with Crippen LogP contribution in [-0.4, -0.2) is 11.7 Å². The predicted octanol–water partition coefficient (Wildman–Crippen LogP) is 6.88. The minimum absolute atomic E-state index is 0.166. The van der Waals surface area contributed by atoms with Crippen molar-refractivity contribution >= 4 is 0 Å². The van der Waals surface area contributed by atoms with Gasteiger partial charge in [0, 0.05) is 13.4 Å². The summed E-state index contributed by atoms with van der Waals surface area (Å²) in [5.74, 6) is 0.809. The lowest BCUT2D eigenvalue weighted by atomic mass is 10.0. The van der Waals surface area contributed by atoms with Crippen molar-refractivity contribution in [1.82, 2.24) is 0 Å². The van der Waals surface area contributed by atoms with Gasteiger partial charge in [0.2, 0.25) is 0 Å². The summed E-state index contributed by atoms with van der Waals surface area (Å²) in [5, 5.41) is 9.26. The Labute approximate surface area is 144 Å². The maximum absolute atomic E-state index is 9.26. The van der Waals surface area contributed by atoms with Crippen LogP contribution in [0, 0.1) is 5.92 Å². The van der Waals surface area contributed by atoms with E-state index in [1.807, 2.05) is 0 Å². The third kappa shape index (κ3) is 20.0. The average molecular weight is 306 g/mol. The van der Waals surface area contributed by atoms with E-state index in [0.717, 1.165) is 25.2 Å². The number of hydrogen-bond acceptors (Lipinski definition) is 1. The van der Waals surface area contributed by atoms with Crippen molar-refractivity contribution in [3.05, 3.63) is 0 Å². The lowest BCUT2D eigenvalue weighted by Gasteiger charge is -2.05. The molecular weight excluding hydrogens is 256 g/mol. The second kappa shape index (κ2) is 18.0. The quantitative estimate of drug-likeness (QED) is 0.290. The van der Waals surface area contributed by atoms with Gasteiger partial charge in [0.05, 0.1) is 2.74 Å². The molecule has 0 heterocycles. The molecule has 0 aliphatic rings. The fourth-order valence-electron chi connectivity index (χ4n) is 2.55. The number of aliphatic hydroxyl groups is 1. The molecule has 0 aromatic rings. The molecule has 21 heavy (non-hydrogen) atoms. The van der Waals surface area contributed by atoms with E-state index in [9.17, 15) is 5.11 Å². The molecular formula is C20H42O. The fraction of sp³-hybridized carbons (Fsp3) is 1.00. The Morgan fingerprint density at radius 1 is 0.667 bits per heavy atom.